The number of carbonyl (C=O) groups is 3. The lowest BCUT2D eigenvalue weighted by atomic mass is 10.2. The number of aromatic carboxylic acids is 1. The van der Waals surface area contributed by atoms with Gasteiger partial charge in [-0.15, -0.1) is 0 Å². The molecule has 2 amide bonds. The van der Waals surface area contributed by atoms with Crippen LogP contribution in [0.2, 0.25) is 0 Å². The predicted molar refractivity (Wildman–Crippen MR) is 59.3 cm³/mol. The van der Waals surface area contributed by atoms with Crippen LogP contribution in [0.15, 0.2) is 16.7 Å². The van der Waals surface area contributed by atoms with Gasteiger partial charge in [0.2, 0.25) is 17.6 Å². The van der Waals surface area contributed by atoms with E-state index >= 15 is 0 Å². The number of carboxylic acids is 1. The molecule has 0 aliphatic rings. The molecule has 0 bridgehead atoms. The lowest BCUT2D eigenvalue weighted by Crippen LogP contribution is -2.39. The minimum atomic E-state index is -1.23. The molecule has 0 spiro atoms. The van der Waals surface area contributed by atoms with Crippen molar-refractivity contribution in [1.82, 2.24) is 4.90 Å². The van der Waals surface area contributed by atoms with Gasteiger partial charge >= 0.3 is 5.97 Å². The average Bonchev–Trinajstić information content (AvgIpc) is 2.63. The van der Waals surface area contributed by atoms with Crippen molar-refractivity contribution in [3.63, 3.8) is 0 Å². The van der Waals surface area contributed by atoms with E-state index in [1.54, 1.807) is 0 Å². The number of carbonyl (C=O) groups excluding carboxylic acids is 2. The summed E-state index contributed by atoms with van der Waals surface area (Å²) < 4.78 is 4.78. The third-order valence-electron chi connectivity index (χ3n) is 2.09. The van der Waals surface area contributed by atoms with Crippen LogP contribution >= 0.6 is 0 Å². The molecule has 98 valence electrons. The number of nitrogens with two attached hydrogens (primary N) is 2. The average molecular weight is 255 g/mol. The molecular formula is C10H13N3O5. The van der Waals surface area contributed by atoms with Crippen molar-refractivity contribution in [2.45, 2.75) is 6.54 Å². The van der Waals surface area contributed by atoms with Gasteiger partial charge in [-0.2, -0.15) is 0 Å². The highest BCUT2D eigenvalue weighted by molar-refractivity contribution is 5.86. The van der Waals surface area contributed by atoms with E-state index in [1.807, 2.05) is 0 Å². The highest BCUT2D eigenvalue weighted by Crippen LogP contribution is 2.13. The number of hydrogen-bond donors (Lipinski definition) is 3. The number of furan rings is 1. The maximum absolute atomic E-state index is 10.8. The maximum Gasteiger partial charge on any atom is 0.372 e. The van der Waals surface area contributed by atoms with Crippen LogP contribution in [0, 0.1) is 0 Å². The van der Waals surface area contributed by atoms with Crippen molar-refractivity contribution >= 4 is 17.8 Å². The number of amides is 2. The Balaban J connectivity index is 2.81. The second kappa shape index (κ2) is 5.82. The zero-order valence-electron chi connectivity index (χ0n) is 9.46. The van der Waals surface area contributed by atoms with Gasteiger partial charge in [0.25, 0.3) is 0 Å². The fourth-order valence-electron chi connectivity index (χ4n) is 1.50. The van der Waals surface area contributed by atoms with Gasteiger partial charge in [-0.3, -0.25) is 14.5 Å². The quantitative estimate of drug-likeness (QED) is 0.556. The molecule has 0 aromatic carbocycles. The normalized spacial score (nSPS) is 10.5. The second-order valence-electron chi connectivity index (χ2n) is 3.66. The Morgan fingerprint density at radius 1 is 1.22 bits per heavy atom. The molecule has 0 saturated carbocycles. The van der Waals surface area contributed by atoms with Crippen molar-refractivity contribution in [3.8, 4) is 0 Å². The molecule has 8 heteroatoms. The summed E-state index contributed by atoms with van der Waals surface area (Å²) in [5.74, 6) is -2.75. The van der Waals surface area contributed by atoms with Crippen molar-refractivity contribution in [3.05, 3.63) is 23.7 Å². The number of carboxylic acid groups (broad SMARTS) is 1. The van der Waals surface area contributed by atoms with E-state index in [0.717, 1.165) is 0 Å². The SMILES string of the molecule is NC(=O)CN(CC(N)=O)Cc1ccoc1C(=O)O. The summed E-state index contributed by atoms with van der Waals surface area (Å²) in [4.78, 5) is 33.8. The molecule has 0 radical (unpaired) electrons. The fraction of sp³-hybridized carbons (Fsp3) is 0.300. The van der Waals surface area contributed by atoms with Crippen molar-refractivity contribution in [2.24, 2.45) is 11.5 Å². The third kappa shape index (κ3) is 3.91. The van der Waals surface area contributed by atoms with Crippen molar-refractivity contribution in [1.29, 1.82) is 0 Å². The Morgan fingerprint density at radius 3 is 2.22 bits per heavy atom. The zero-order valence-corrected chi connectivity index (χ0v) is 9.46. The number of primary amides is 2. The van der Waals surface area contributed by atoms with Gasteiger partial charge in [0.15, 0.2) is 0 Å². The minimum Gasteiger partial charge on any atom is -0.475 e. The molecule has 18 heavy (non-hydrogen) atoms. The molecule has 8 nitrogen and oxygen atoms in total. The highest BCUT2D eigenvalue weighted by atomic mass is 16.4. The molecule has 0 saturated heterocycles. The number of rotatable bonds is 7. The summed E-state index contributed by atoms with van der Waals surface area (Å²) in [5, 5.41) is 8.84. The third-order valence-corrected chi connectivity index (χ3v) is 2.09. The van der Waals surface area contributed by atoms with E-state index in [2.05, 4.69) is 0 Å². The zero-order chi connectivity index (χ0) is 13.7. The smallest absolute Gasteiger partial charge is 0.372 e. The molecular weight excluding hydrogens is 242 g/mol. The van der Waals surface area contributed by atoms with Crippen molar-refractivity contribution in [2.75, 3.05) is 13.1 Å². The molecule has 0 aliphatic heterocycles. The molecule has 1 aromatic rings. The van der Waals surface area contributed by atoms with Crippen LogP contribution in [0.3, 0.4) is 0 Å². The summed E-state index contributed by atoms with van der Waals surface area (Å²) in [7, 11) is 0. The van der Waals surface area contributed by atoms with Crippen LogP contribution in [0.25, 0.3) is 0 Å². The molecule has 0 atom stereocenters. The maximum atomic E-state index is 10.8. The largest absolute Gasteiger partial charge is 0.475 e. The first kappa shape index (κ1) is 13.7. The first-order valence-electron chi connectivity index (χ1n) is 4.98. The molecule has 0 fully saturated rings. The highest BCUT2D eigenvalue weighted by Gasteiger charge is 2.18. The Bertz CT molecular complexity index is 452. The molecule has 5 N–H and O–H groups in total. The Hall–Kier alpha value is -2.35. The summed E-state index contributed by atoms with van der Waals surface area (Å²) in [6, 6.07) is 1.44. The molecule has 1 aromatic heterocycles. The number of hydrogen-bond acceptors (Lipinski definition) is 5. The summed E-state index contributed by atoms with van der Waals surface area (Å²) in [6.45, 7) is -0.371. The fourth-order valence-corrected chi connectivity index (χ4v) is 1.50. The van der Waals surface area contributed by atoms with E-state index in [0.29, 0.717) is 5.56 Å². The van der Waals surface area contributed by atoms with Crippen LogP contribution in [0.1, 0.15) is 16.1 Å². The summed E-state index contributed by atoms with van der Waals surface area (Å²) >= 11 is 0. The van der Waals surface area contributed by atoms with Gasteiger partial charge in [0, 0.05) is 12.1 Å². The number of nitrogens with zero attached hydrogens (tertiary/aromatic N) is 1. The Labute approximate surface area is 102 Å². The van der Waals surface area contributed by atoms with Crippen LogP contribution in [-0.2, 0) is 16.1 Å². The Morgan fingerprint density at radius 2 is 1.78 bits per heavy atom. The monoisotopic (exact) mass is 255 g/mol. The molecule has 0 unspecified atom stereocenters. The van der Waals surface area contributed by atoms with Crippen LogP contribution in [-0.4, -0.2) is 40.9 Å². The van der Waals surface area contributed by atoms with Gasteiger partial charge in [-0.1, -0.05) is 0 Å². The summed E-state index contributed by atoms with van der Waals surface area (Å²) in [5.41, 5.74) is 10.4. The van der Waals surface area contributed by atoms with E-state index in [-0.39, 0.29) is 25.4 Å². The van der Waals surface area contributed by atoms with Crippen LogP contribution < -0.4 is 11.5 Å². The molecule has 1 heterocycles. The Kier molecular flexibility index (Phi) is 4.44. The lowest BCUT2D eigenvalue weighted by molar-refractivity contribution is -0.122. The van der Waals surface area contributed by atoms with Gasteiger partial charge in [-0.05, 0) is 6.07 Å². The summed E-state index contributed by atoms with van der Waals surface area (Å²) in [6.07, 6.45) is 1.21. The van der Waals surface area contributed by atoms with Gasteiger partial charge in [0.05, 0.1) is 19.4 Å². The first-order chi connectivity index (χ1) is 8.40. The first-order valence-corrected chi connectivity index (χ1v) is 4.98. The predicted octanol–water partition coefficient (Wildman–Crippen LogP) is -1.25. The van der Waals surface area contributed by atoms with Gasteiger partial charge < -0.3 is 21.0 Å². The van der Waals surface area contributed by atoms with Crippen LogP contribution in [0.4, 0.5) is 0 Å². The van der Waals surface area contributed by atoms with Crippen molar-refractivity contribution < 1.29 is 23.9 Å². The van der Waals surface area contributed by atoms with Crippen LogP contribution in [0.5, 0.6) is 0 Å². The van der Waals surface area contributed by atoms with Gasteiger partial charge in [-0.25, -0.2) is 4.79 Å². The van der Waals surface area contributed by atoms with E-state index in [4.69, 9.17) is 21.0 Å². The second-order valence-corrected chi connectivity index (χ2v) is 3.66. The van der Waals surface area contributed by atoms with Gasteiger partial charge in [0.1, 0.15) is 0 Å². The van der Waals surface area contributed by atoms with E-state index < -0.39 is 17.8 Å². The molecule has 0 aliphatic carbocycles. The van der Waals surface area contributed by atoms with E-state index in [9.17, 15) is 14.4 Å². The lowest BCUT2D eigenvalue weighted by Gasteiger charge is -2.18. The minimum absolute atomic E-state index is 0.0318. The topological polar surface area (TPSA) is 140 Å². The van der Waals surface area contributed by atoms with E-state index in [1.165, 1.54) is 17.2 Å². The molecule has 1 rings (SSSR count). The standard InChI is InChI=1S/C10H13N3O5/c11-7(14)4-13(5-8(12)15)3-6-1-2-18-9(6)10(16)17/h1-2H,3-5H2,(H2,11,14)(H2,12,15)(H,16,17).